The summed E-state index contributed by atoms with van der Waals surface area (Å²) in [7, 11) is -3.56. The quantitative estimate of drug-likeness (QED) is 0.741. The minimum Gasteiger partial charge on any atom is -0.488 e. The minimum absolute atomic E-state index is 0.274. The molecule has 1 amide bonds. The fourth-order valence-electron chi connectivity index (χ4n) is 4.95. The van der Waals surface area contributed by atoms with Gasteiger partial charge in [-0.05, 0) is 55.0 Å². The number of carbonyl (C=O) groups excluding carboxylic acids is 1. The van der Waals surface area contributed by atoms with E-state index in [0.29, 0.717) is 26.0 Å². The zero-order valence-electron chi connectivity index (χ0n) is 18.6. The average Bonchev–Trinajstić information content (AvgIpc) is 3.56. The van der Waals surface area contributed by atoms with E-state index in [2.05, 4.69) is 15.7 Å². The Balaban J connectivity index is 1.40. The smallest absolute Gasteiger partial charge is 0.240 e. The molecule has 2 aromatic rings. The van der Waals surface area contributed by atoms with Gasteiger partial charge < -0.3 is 9.64 Å². The molecule has 2 aromatic carbocycles. The summed E-state index contributed by atoms with van der Waals surface area (Å²) in [4.78, 5) is 14.8. The van der Waals surface area contributed by atoms with E-state index in [1.807, 2.05) is 24.3 Å². The number of hydrogen-bond acceptors (Lipinski definition) is 5. The predicted molar refractivity (Wildman–Crippen MR) is 124 cm³/mol. The number of benzene rings is 2. The summed E-state index contributed by atoms with van der Waals surface area (Å²) in [6, 6.07) is 12.8. The van der Waals surface area contributed by atoms with E-state index in [4.69, 9.17) is 4.74 Å². The zero-order chi connectivity index (χ0) is 23.2. The summed E-state index contributed by atoms with van der Waals surface area (Å²) in [5.41, 5.74) is 4.69. The second-order valence-electron chi connectivity index (χ2n) is 9.32. The van der Waals surface area contributed by atoms with Crippen LogP contribution in [0.5, 0.6) is 5.75 Å². The first-order chi connectivity index (χ1) is 15.7. The highest BCUT2D eigenvalue weighted by Crippen LogP contribution is 2.47. The van der Waals surface area contributed by atoms with Gasteiger partial charge in [0, 0.05) is 30.8 Å². The Hall–Kier alpha value is -2.71. The maximum Gasteiger partial charge on any atom is 0.240 e. The van der Waals surface area contributed by atoms with Crippen LogP contribution in [0, 0.1) is 11.2 Å². The number of nitrogens with zero attached hydrogens (tertiary/aromatic N) is 1. The van der Waals surface area contributed by atoms with Crippen molar-refractivity contribution in [2.24, 2.45) is 5.41 Å². The Morgan fingerprint density at radius 3 is 2.55 bits per heavy atom. The normalized spacial score (nSPS) is 19.7. The van der Waals surface area contributed by atoms with Crippen molar-refractivity contribution in [3.63, 3.8) is 0 Å². The predicted octanol–water partition coefficient (Wildman–Crippen LogP) is 3.47. The molecule has 1 N–H and O–H groups in total. The van der Waals surface area contributed by atoms with E-state index >= 15 is 0 Å². The van der Waals surface area contributed by atoms with Gasteiger partial charge in [0.1, 0.15) is 18.2 Å². The summed E-state index contributed by atoms with van der Waals surface area (Å²) in [5.74, 6) is 0.137. The van der Waals surface area contributed by atoms with E-state index in [1.54, 1.807) is 6.07 Å². The molecule has 33 heavy (non-hydrogen) atoms. The number of ether oxygens (including phenoxy) is 1. The lowest BCUT2D eigenvalue weighted by molar-refractivity contribution is -0.125. The number of amides is 1. The van der Waals surface area contributed by atoms with Crippen molar-refractivity contribution in [2.45, 2.75) is 32.3 Å². The van der Waals surface area contributed by atoms with E-state index in [1.165, 1.54) is 11.6 Å². The number of carbonyl (C=O) groups is 1. The van der Waals surface area contributed by atoms with Crippen molar-refractivity contribution in [1.29, 1.82) is 0 Å². The monoisotopic (exact) mass is 470 g/mol. The zero-order valence-corrected chi connectivity index (χ0v) is 19.4. The number of nitrogens with one attached hydrogen (secondary N) is 1. The number of likely N-dealkylation sites (tertiary alicyclic amines) is 1. The van der Waals surface area contributed by atoms with Crippen LogP contribution in [0.3, 0.4) is 0 Å². The van der Waals surface area contributed by atoms with Gasteiger partial charge in [0.05, 0.1) is 11.7 Å². The highest BCUT2D eigenvalue weighted by Gasteiger charge is 2.51. The number of hydrogen-bond donors (Lipinski definition) is 1. The molecule has 0 unspecified atom stereocenters. The number of sulfonamides is 1. The van der Waals surface area contributed by atoms with Crippen LogP contribution in [0.25, 0.3) is 5.57 Å². The summed E-state index contributed by atoms with van der Waals surface area (Å²) in [6.45, 7) is 2.46. The molecule has 2 aliphatic heterocycles. The molecule has 8 heteroatoms. The van der Waals surface area contributed by atoms with Crippen LogP contribution >= 0.6 is 0 Å². The Morgan fingerprint density at radius 2 is 1.85 bits per heavy atom. The van der Waals surface area contributed by atoms with Crippen LogP contribution in [0.2, 0.25) is 0 Å². The Kier molecular flexibility index (Phi) is 5.53. The van der Waals surface area contributed by atoms with Crippen LogP contribution in [0.1, 0.15) is 42.4 Å². The fourth-order valence-corrected chi connectivity index (χ4v) is 5.50. The molecule has 0 bridgehead atoms. The SMILES string of the molecule is CS(=O)(=O)NC(=O)C1(CN2CCC(=C3c4ccc(F)cc4COc4ccccc43)CC2)CC1. The van der Waals surface area contributed by atoms with Gasteiger partial charge in [-0.25, -0.2) is 12.8 Å². The number of rotatable bonds is 4. The third-order valence-electron chi connectivity index (χ3n) is 6.83. The van der Waals surface area contributed by atoms with Gasteiger partial charge in [-0.2, -0.15) is 0 Å². The third kappa shape index (κ3) is 4.54. The molecule has 174 valence electrons. The molecule has 5 rings (SSSR count). The Bertz CT molecular complexity index is 1240. The Labute approximate surface area is 193 Å². The third-order valence-corrected chi connectivity index (χ3v) is 7.39. The largest absolute Gasteiger partial charge is 0.488 e. The van der Waals surface area contributed by atoms with Crippen molar-refractivity contribution in [3.8, 4) is 5.75 Å². The molecule has 1 aliphatic carbocycles. The van der Waals surface area contributed by atoms with Gasteiger partial charge in [0.25, 0.3) is 0 Å². The molecule has 3 aliphatic rings. The molecular formula is C25H27FN2O4S. The lowest BCUT2D eigenvalue weighted by atomic mass is 9.86. The molecule has 2 heterocycles. The Morgan fingerprint density at radius 1 is 1.12 bits per heavy atom. The fraction of sp³-hybridized carbons (Fsp3) is 0.400. The first-order valence-corrected chi connectivity index (χ1v) is 13.1. The average molecular weight is 471 g/mol. The highest BCUT2D eigenvalue weighted by molar-refractivity contribution is 7.89. The van der Waals surface area contributed by atoms with Gasteiger partial charge in [-0.1, -0.05) is 29.8 Å². The molecule has 2 fully saturated rings. The molecular weight excluding hydrogens is 443 g/mol. The maximum absolute atomic E-state index is 14.0. The molecule has 1 saturated carbocycles. The van der Waals surface area contributed by atoms with E-state index < -0.39 is 15.4 Å². The number of fused-ring (bicyclic) bond motifs is 2. The molecule has 6 nitrogen and oxygen atoms in total. The summed E-state index contributed by atoms with van der Waals surface area (Å²) < 4.78 is 45.1. The molecule has 0 atom stereocenters. The first kappa shape index (κ1) is 22.1. The highest BCUT2D eigenvalue weighted by atomic mass is 32.2. The maximum atomic E-state index is 14.0. The van der Waals surface area contributed by atoms with E-state index in [9.17, 15) is 17.6 Å². The molecule has 1 saturated heterocycles. The molecule has 0 radical (unpaired) electrons. The van der Waals surface area contributed by atoms with E-state index in [-0.39, 0.29) is 11.7 Å². The number of para-hydroxylation sites is 1. The van der Waals surface area contributed by atoms with Crippen LogP contribution in [0.15, 0.2) is 48.0 Å². The van der Waals surface area contributed by atoms with Crippen molar-refractivity contribution in [2.75, 3.05) is 25.9 Å². The number of piperidine rings is 1. The van der Waals surface area contributed by atoms with Gasteiger partial charge in [-0.3, -0.25) is 9.52 Å². The van der Waals surface area contributed by atoms with Crippen LogP contribution in [0.4, 0.5) is 4.39 Å². The number of halogens is 1. The van der Waals surface area contributed by atoms with Crippen LogP contribution in [-0.2, 0) is 21.4 Å². The van der Waals surface area contributed by atoms with Gasteiger partial charge in [-0.15, -0.1) is 0 Å². The standard InChI is InChI=1S/C25H27FN2O4S/c1-33(30,31)27-24(29)25(10-11-25)16-28-12-8-17(9-13-28)23-20-7-6-19(26)14-18(20)15-32-22-5-3-2-4-21(22)23/h2-7,14H,8-13,15-16H2,1H3,(H,27,29). The van der Waals surface area contributed by atoms with Crippen molar-refractivity contribution >= 4 is 21.5 Å². The lowest BCUT2D eigenvalue weighted by Gasteiger charge is -2.32. The lowest BCUT2D eigenvalue weighted by Crippen LogP contribution is -2.44. The minimum atomic E-state index is -3.56. The van der Waals surface area contributed by atoms with Gasteiger partial charge in [0.15, 0.2) is 0 Å². The van der Waals surface area contributed by atoms with Gasteiger partial charge >= 0.3 is 0 Å². The second kappa shape index (κ2) is 8.25. The summed E-state index contributed by atoms with van der Waals surface area (Å²) in [5, 5.41) is 0. The molecule has 0 aromatic heterocycles. The van der Waals surface area contributed by atoms with Crippen LogP contribution in [-0.4, -0.2) is 45.1 Å². The first-order valence-electron chi connectivity index (χ1n) is 11.2. The van der Waals surface area contributed by atoms with Crippen LogP contribution < -0.4 is 9.46 Å². The van der Waals surface area contributed by atoms with Crippen molar-refractivity contribution < 1.29 is 22.3 Å². The van der Waals surface area contributed by atoms with Crippen molar-refractivity contribution in [1.82, 2.24) is 9.62 Å². The second-order valence-corrected chi connectivity index (χ2v) is 11.1. The summed E-state index contributed by atoms with van der Waals surface area (Å²) in [6.07, 6.45) is 4.08. The summed E-state index contributed by atoms with van der Waals surface area (Å²) >= 11 is 0. The topological polar surface area (TPSA) is 75.7 Å². The van der Waals surface area contributed by atoms with E-state index in [0.717, 1.165) is 60.2 Å². The van der Waals surface area contributed by atoms with Gasteiger partial charge in [0.2, 0.25) is 15.9 Å². The molecule has 0 spiro atoms. The van der Waals surface area contributed by atoms with Crippen molar-refractivity contribution in [3.05, 3.63) is 70.5 Å².